The van der Waals surface area contributed by atoms with Crippen LogP contribution in [-0.2, 0) is 4.79 Å². The van der Waals surface area contributed by atoms with Gasteiger partial charge in [0.25, 0.3) is 0 Å². The molecule has 0 amide bonds. The number of carbonyl (C=O) groups is 1. The summed E-state index contributed by atoms with van der Waals surface area (Å²) in [4.78, 5) is 11.9. The molecule has 15 heavy (non-hydrogen) atoms. The van der Waals surface area contributed by atoms with Gasteiger partial charge >= 0.3 is 0 Å². The second-order valence-electron chi connectivity index (χ2n) is 4.62. The van der Waals surface area contributed by atoms with Crippen molar-refractivity contribution in [2.75, 3.05) is 0 Å². The van der Waals surface area contributed by atoms with Gasteiger partial charge in [-0.1, -0.05) is 30.2 Å². The van der Waals surface area contributed by atoms with E-state index < -0.39 is 0 Å². The van der Waals surface area contributed by atoms with E-state index in [-0.39, 0.29) is 5.92 Å². The van der Waals surface area contributed by atoms with Crippen LogP contribution in [0.15, 0.2) is 18.2 Å². The molecule has 2 rings (SSSR count). The zero-order valence-corrected chi connectivity index (χ0v) is 9.55. The summed E-state index contributed by atoms with van der Waals surface area (Å²) >= 11 is 0. The molecule has 1 unspecified atom stereocenters. The molecule has 1 aromatic carbocycles. The highest BCUT2D eigenvalue weighted by molar-refractivity contribution is 5.86. The maximum Gasteiger partial charge on any atom is 0.140 e. The van der Waals surface area contributed by atoms with E-state index in [0.717, 1.165) is 19.3 Å². The average molecular weight is 202 g/mol. The molecular weight excluding hydrogens is 184 g/mol. The first-order valence-electron chi connectivity index (χ1n) is 5.78. The molecule has 1 aliphatic carbocycles. The molecule has 0 aromatic heterocycles. The third kappa shape index (κ3) is 2.11. The van der Waals surface area contributed by atoms with Gasteiger partial charge in [0.1, 0.15) is 5.78 Å². The highest BCUT2D eigenvalue weighted by atomic mass is 16.1. The summed E-state index contributed by atoms with van der Waals surface area (Å²) in [5.41, 5.74) is 3.79. The molecule has 1 fully saturated rings. The van der Waals surface area contributed by atoms with Gasteiger partial charge < -0.3 is 0 Å². The van der Waals surface area contributed by atoms with E-state index in [2.05, 4.69) is 32.0 Å². The minimum Gasteiger partial charge on any atom is -0.299 e. The summed E-state index contributed by atoms with van der Waals surface area (Å²) in [6, 6.07) is 6.43. The summed E-state index contributed by atoms with van der Waals surface area (Å²) < 4.78 is 0. The lowest BCUT2D eigenvalue weighted by Gasteiger charge is -2.22. The number of rotatable bonds is 1. The molecule has 0 saturated heterocycles. The third-order valence-corrected chi connectivity index (χ3v) is 3.36. The zero-order valence-electron chi connectivity index (χ0n) is 9.55. The molecule has 0 N–H and O–H groups in total. The Kier molecular flexibility index (Phi) is 2.90. The number of hydrogen-bond donors (Lipinski definition) is 0. The lowest BCUT2D eigenvalue weighted by Crippen LogP contribution is -2.17. The Bertz CT molecular complexity index is 379. The normalized spacial score (nSPS) is 21.7. The Hall–Kier alpha value is -1.11. The van der Waals surface area contributed by atoms with E-state index in [1.807, 2.05) is 0 Å². The van der Waals surface area contributed by atoms with Gasteiger partial charge in [-0.3, -0.25) is 4.79 Å². The molecule has 1 nitrogen and oxygen atoms in total. The van der Waals surface area contributed by atoms with Crippen LogP contribution in [0.4, 0.5) is 0 Å². The van der Waals surface area contributed by atoms with Crippen LogP contribution in [0.1, 0.15) is 48.3 Å². The largest absolute Gasteiger partial charge is 0.299 e. The standard InChI is InChI=1S/C14H18O/c1-10-7-8-11(2)13(9-10)12-5-3-4-6-14(12)15/h7-9,12H,3-6H2,1-2H3. The van der Waals surface area contributed by atoms with Crippen molar-refractivity contribution in [3.8, 4) is 0 Å². The Balaban J connectivity index is 2.34. The van der Waals surface area contributed by atoms with Crippen LogP contribution in [0.5, 0.6) is 0 Å². The summed E-state index contributed by atoms with van der Waals surface area (Å²) in [6.45, 7) is 4.20. The van der Waals surface area contributed by atoms with Crippen molar-refractivity contribution >= 4 is 5.78 Å². The number of ketones is 1. The molecule has 1 heteroatoms. The van der Waals surface area contributed by atoms with Crippen molar-refractivity contribution in [2.24, 2.45) is 0 Å². The van der Waals surface area contributed by atoms with Crippen molar-refractivity contribution in [3.05, 3.63) is 34.9 Å². The van der Waals surface area contributed by atoms with Crippen molar-refractivity contribution in [2.45, 2.75) is 45.4 Å². The molecule has 80 valence electrons. The number of Topliss-reactive ketones (excluding diaryl/α,β-unsaturated/α-hetero) is 1. The topological polar surface area (TPSA) is 17.1 Å². The lowest BCUT2D eigenvalue weighted by atomic mass is 9.81. The van der Waals surface area contributed by atoms with E-state index in [0.29, 0.717) is 5.78 Å². The van der Waals surface area contributed by atoms with Crippen LogP contribution in [0.2, 0.25) is 0 Å². The fraction of sp³-hybridized carbons (Fsp3) is 0.500. The smallest absolute Gasteiger partial charge is 0.140 e. The van der Waals surface area contributed by atoms with Crippen molar-refractivity contribution in [1.82, 2.24) is 0 Å². The van der Waals surface area contributed by atoms with E-state index in [4.69, 9.17) is 0 Å². The third-order valence-electron chi connectivity index (χ3n) is 3.36. The van der Waals surface area contributed by atoms with Crippen LogP contribution in [0, 0.1) is 13.8 Å². The molecule has 1 atom stereocenters. The molecular formula is C14H18O. The minimum absolute atomic E-state index is 0.179. The predicted octanol–water partition coefficient (Wildman–Crippen LogP) is 3.53. The minimum atomic E-state index is 0.179. The molecule has 0 bridgehead atoms. The highest BCUT2D eigenvalue weighted by Gasteiger charge is 2.24. The first kappa shape index (κ1) is 10.4. The van der Waals surface area contributed by atoms with Crippen LogP contribution in [-0.4, -0.2) is 5.78 Å². The average Bonchev–Trinajstić information content (AvgIpc) is 2.23. The first-order chi connectivity index (χ1) is 7.18. The van der Waals surface area contributed by atoms with E-state index in [1.54, 1.807) is 0 Å². The lowest BCUT2D eigenvalue weighted by molar-refractivity contribution is -0.121. The number of aryl methyl sites for hydroxylation is 2. The summed E-state index contributed by atoms with van der Waals surface area (Å²) in [5.74, 6) is 0.619. The SMILES string of the molecule is Cc1ccc(C)c(C2CCCCC2=O)c1. The predicted molar refractivity (Wildman–Crippen MR) is 62.1 cm³/mol. The summed E-state index contributed by atoms with van der Waals surface area (Å²) in [7, 11) is 0. The van der Waals surface area contributed by atoms with Gasteiger partial charge in [0.05, 0.1) is 0 Å². The molecule has 0 aliphatic heterocycles. The van der Waals surface area contributed by atoms with Gasteiger partial charge in [-0.15, -0.1) is 0 Å². The van der Waals surface area contributed by atoms with E-state index >= 15 is 0 Å². The van der Waals surface area contributed by atoms with E-state index in [1.165, 1.54) is 23.1 Å². The van der Waals surface area contributed by atoms with Crippen molar-refractivity contribution in [3.63, 3.8) is 0 Å². The van der Waals surface area contributed by atoms with Gasteiger partial charge in [-0.05, 0) is 37.8 Å². The fourth-order valence-electron chi connectivity index (χ4n) is 2.45. The van der Waals surface area contributed by atoms with Gasteiger partial charge in [0.2, 0.25) is 0 Å². The maximum atomic E-state index is 11.9. The molecule has 0 spiro atoms. The van der Waals surface area contributed by atoms with E-state index in [9.17, 15) is 4.79 Å². The Labute approximate surface area is 91.5 Å². The number of benzene rings is 1. The quantitative estimate of drug-likeness (QED) is 0.681. The van der Waals surface area contributed by atoms with Gasteiger partial charge in [-0.25, -0.2) is 0 Å². The molecule has 1 saturated carbocycles. The first-order valence-corrected chi connectivity index (χ1v) is 5.78. The van der Waals surface area contributed by atoms with Crippen LogP contribution in [0.25, 0.3) is 0 Å². The number of carbonyl (C=O) groups excluding carboxylic acids is 1. The summed E-state index contributed by atoms with van der Waals surface area (Å²) in [5, 5.41) is 0. The molecule has 0 radical (unpaired) electrons. The molecule has 1 aliphatic rings. The Morgan fingerprint density at radius 2 is 2.00 bits per heavy atom. The zero-order chi connectivity index (χ0) is 10.8. The van der Waals surface area contributed by atoms with Gasteiger partial charge in [0, 0.05) is 12.3 Å². The maximum absolute atomic E-state index is 11.9. The molecule has 0 heterocycles. The van der Waals surface area contributed by atoms with Crippen LogP contribution < -0.4 is 0 Å². The Morgan fingerprint density at radius 3 is 2.73 bits per heavy atom. The second-order valence-corrected chi connectivity index (χ2v) is 4.62. The fourth-order valence-corrected chi connectivity index (χ4v) is 2.45. The highest BCUT2D eigenvalue weighted by Crippen LogP contribution is 2.32. The summed E-state index contributed by atoms with van der Waals surface area (Å²) in [6.07, 6.45) is 4.10. The second kappa shape index (κ2) is 4.18. The van der Waals surface area contributed by atoms with Crippen LogP contribution in [0.3, 0.4) is 0 Å². The van der Waals surface area contributed by atoms with Crippen molar-refractivity contribution < 1.29 is 4.79 Å². The van der Waals surface area contributed by atoms with Crippen molar-refractivity contribution in [1.29, 1.82) is 0 Å². The Morgan fingerprint density at radius 1 is 1.20 bits per heavy atom. The molecule has 1 aromatic rings. The van der Waals surface area contributed by atoms with Gasteiger partial charge in [-0.2, -0.15) is 0 Å². The van der Waals surface area contributed by atoms with Gasteiger partial charge in [0.15, 0.2) is 0 Å². The van der Waals surface area contributed by atoms with Crippen LogP contribution >= 0.6 is 0 Å². The monoisotopic (exact) mass is 202 g/mol. The number of hydrogen-bond acceptors (Lipinski definition) is 1.